The third-order valence-electron chi connectivity index (χ3n) is 0. The molecule has 6 N–H and O–H groups in total. The molecule has 0 saturated heterocycles. The Morgan fingerprint density at radius 3 is 1.00 bits per heavy atom. The number of hydrogen-bond donors (Lipinski definition) is 0. The summed E-state index contributed by atoms with van der Waals surface area (Å²) in [5.74, 6) is 0. The number of carbonyl (C=O) groups excluding carboxylic acids is 1. The molecule has 0 saturated carbocycles. The van der Waals surface area contributed by atoms with Crippen LogP contribution in [0.4, 0.5) is 4.79 Å². The van der Waals surface area contributed by atoms with Crippen molar-refractivity contribution in [3.8, 4) is 0 Å². The summed E-state index contributed by atoms with van der Waals surface area (Å²) in [5, 5.41) is 16.7. The highest BCUT2D eigenvalue weighted by molar-refractivity contribution is 5.47. The lowest BCUT2D eigenvalue weighted by Crippen LogP contribution is -2.37. The minimum absolute atomic E-state index is 0. The summed E-state index contributed by atoms with van der Waals surface area (Å²) in [7, 11) is 0. The molecular weight excluding hydrogens is 108 g/mol. The van der Waals surface area contributed by atoms with Crippen molar-refractivity contribution in [2.45, 2.75) is 0 Å². The quantitative estimate of drug-likeness (QED) is 0.309. The maximum absolute atomic E-state index is 8.33. The Morgan fingerprint density at radius 2 is 1.00 bits per heavy atom. The molecule has 0 heterocycles. The second kappa shape index (κ2) is 19.2. The number of hydrogen-bond acceptors (Lipinski definition) is 3. The molecule has 0 aromatic rings. The predicted molar refractivity (Wildman–Crippen MR) is 16.2 cm³/mol. The molecule has 0 atom stereocenters. The Balaban J connectivity index is -0.0000000150. The molecule has 0 aliphatic carbocycles. The maximum atomic E-state index is 8.33. The molecule has 0 radical (unpaired) electrons. The Bertz CT molecular complexity index is 27.2. The normalized spacial score (nSPS) is 3.43. The first-order chi connectivity index (χ1) is 1.73. The van der Waals surface area contributed by atoms with E-state index < -0.39 is 6.16 Å². The average Bonchev–Trinajstić information content (AvgIpc) is 0.811. The first kappa shape index (κ1) is 35.3. The van der Waals surface area contributed by atoms with E-state index in [1.165, 1.54) is 0 Å². The molecule has 6 heteroatoms. The van der Waals surface area contributed by atoms with E-state index in [1.807, 2.05) is 0 Å². The van der Waals surface area contributed by atoms with Crippen LogP contribution in [-0.2, 0) is 0 Å². The topological polar surface area (TPSA) is 158 Å². The van der Waals surface area contributed by atoms with Gasteiger partial charge in [-0.25, -0.2) is 0 Å². The van der Waals surface area contributed by atoms with Crippen LogP contribution in [0.1, 0.15) is 0 Å². The summed E-state index contributed by atoms with van der Waals surface area (Å²) in [5.41, 5.74) is 0. The van der Waals surface area contributed by atoms with Crippen LogP contribution >= 0.6 is 0 Å². The molecule has 0 aliphatic rings. The standard InChI is InChI=1S/CH2O3.3H2O/c2-1(3)4;;;/h(H2,2,3,4);3*1H2/p-2. The summed E-state index contributed by atoms with van der Waals surface area (Å²) in [4.78, 5) is 8.33. The van der Waals surface area contributed by atoms with E-state index in [1.54, 1.807) is 0 Å². The molecule has 6 nitrogen and oxygen atoms in total. The second-order valence-corrected chi connectivity index (χ2v) is 0.250. The van der Waals surface area contributed by atoms with Gasteiger partial charge in [0.2, 0.25) is 0 Å². The van der Waals surface area contributed by atoms with E-state index >= 15 is 0 Å². The van der Waals surface area contributed by atoms with Gasteiger partial charge in [0.1, 0.15) is 0 Å². The van der Waals surface area contributed by atoms with E-state index in [0.717, 1.165) is 0 Å². The van der Waals surface area contributed by atoms with E-state index in [4.69, 9.17) is 15.0 Å². The fourth-order valence-corrected chi connectivity index (χ4v) is 0. The second-order valence-electron chi connectivity index (χ2n) is 0.250. The highest BCUT2D eigenvalue weighted by atomic mass is 16.6. The van der Waals surface area contributed by atoms with Crippen molar-refractivity contribution < 1.29 is 31.4 Å². The van der Waals surface area contributed by atoms with Gasteiger partial charge in [-0.1, -0.05) is 0 Å². The number of carbonyl (C=O) groups is 1. The fourth-order valence-electron chi connectivity index (χ4n) is 0. The van der Waals surface area contributed by atoms with Gasteiger partial charge >= 0.3 is 0 Å². The van der Waals surface area contributed by atoms with Gasteiger partial charge < -0.3 is 31.4 Å². The highest BCUT2D eigenvalue weighted by Gasteiger charge is 1.26. The zero-order valence-electron chi connectivity index (χ0n) is 3.22. The maximum Gasteiger partial charge on any atom is -0.0431 e. The highest BCUT2D eigenvalue weighted by Crippen LogP contribution is 1.21. The van der Waals surface area contributed by atoms with Crippen molar-refractivity contribution in [3.05, 3.63) is 0 Å². The van der Waals surface area contributed by atoms with Crippen LogP contribution in [0.2, 0.25) is 0 Å². The third-order valence-corrected chi connectivity index (χ3v) is 0. The van der Waals surface area contributed by atoms with Crippen LogP contribution in [0.3, 0.4) is 0 Å². The fraction of sp³-hybridized carbons (Fsp3) is 0. The van der Waals surface area contributed by atoms with Crippen molar-refractivity contribution in [1.82, 2.24) is 0 Å². The summed E-state index contributed by atoms with van der Waals surface area (Å²) in [6.45, 7) is 0. The van der Waals surface area contributed by atoms with E-state index in [0.29, 0.717) is 0 Å². The molecule has 7 heavy (non-hydrogen) atoms. The lowest BCUT2D eigenvalue weighted by atomic mass is 11.5. The van der Waals surface area contributed by atoms with Crippen molar-refractivity contribution in [2.24, 2.45) is 0 Å². The van der Waals surface area contributed by atoms with Gasteiger partial charge in [0, 0.05) is 0 Å². The van der Waals surface area contributed by atoms with Gasteiger partial charge in [-0.3, -0.25) is 0 Å². The summed E-state index contributed by atoms with van der Waals surface area (Å²) in [6, 6.07) is 0. The molecule has 0 rings (SSSR count). The van der Waals surface area contributed by atoms with Crippen LogP contribution < -0.4 is 10.2 Å². The van der Waals surface area contributed by atoms with E-state index in [-0.39, 0.29) is 16.4 Å². The first-order valence-electron chi connectivity index (χ1n) is 0.612. The van der Waals surface area contributed by atoms with Gasteiger partial charge in [0.05, 0.1) is 0 Å². The van der Waals surface area contributed by atoms with Crippen LogP contribution in [0.5, 0.6) is 0 Å². The summed E-state index contributed by atoms with van der Waals surface area (Å²) in [6.07, 6.45) is -2.33. The Labute approximate surface area is 38.9 Å². The van der Waals surface area contributed by atoms with E-state index in [9.17, 15) is 0 Å². The molecule has 0 unspecified atom stereocenters. The largest absolute Gasteiger partial charge is 0.652 e. The number of rotatable bonds is 0. The van der Waals surface area contributed by atoms with Gasteiger partial charge in [-0.2, -0.15) is 0 Å². The molecule has 0 aliphatic heterocycles. The Morgan fingerprint density at radius 1 is 1.00 bits per heavy atom. The first-order valence-corrected chi connectivity index (χ1v) is 0.612. The minimum atomic E-state index is -2.33. The molecule has 0 aromatic carbocycles. The van der Waals surface area contributed by atoms with Crippen LogP contribution in [0.25, 0.3) is 0 Å². The lowest BCUT2D eigenvalue weighted by Gasteiger charge is -1.96. The third kappa shape index (κ3) is 70.7. The summed E-state index contributed by atoms with van der Waals surface area (Å²) >= 11 is 0. The monoisotopic (exact) mass is 114 g/mol. The van der Waals surface area contributed by atoms with Crippen molar-refractivity contribution in [1.29, 1.82) is 0 Å². The Kier molecular flexibility index (Phi) is 96.7. The van der Waals surface area contributed by atoms with Crippen LogP contribution in [-0.4, -0.2) is 22.6 Å². The molecular formula is CH6O6-2. The zero-order valence-corrected chi connectivity index (χ0v) is 3.22. The van der Waals surface area contributed by atoms with Crippen molar-refractivity contribution >= 4 is 6.16 Å². The van der Waals surface area contributed by atoms with E-state index in [2.05, 4.69) is 0 Å². The molecule has 0 amide bonds. The van der Waals surface area contributed by atoms with Crippen LogP contribution in [0, 0.1) is 0 Å². The summed E-state index contributed by atoms with van der Waals surface area (Å²) < 4.78 is 0. The molecule has 48 valence electrons. The number of carboxylic acid groups (broad SMARTS) is 2. The van der Waals surface area contributed by atoms with Crippen molar-refractivity contribution in [2.75, 3.05) is 0 Å². The predicted octanol–water partition coefficient (Wildman–Crippen LogP) is -4.92. The van der Waals surface area contributed by atoms with Gasteiger partial charge in [0.15, 0.2) is 0 Å². The van der Waals surface area contributed by atoms with Gasteiger partial charge in [-0.05, 0) is 6.16 Å². The SMILES string of the molecule is O.O.O.O=C([O-])[O-]. The average molecular weight is 114 g/mol. The van der Waals surface area contributed by atoms with Gasteiger partial charge in [-0.15, -0.1) is 0 Å². The smallest absolute Gasteiger partial charge is 0.0431 e. The zero-order chi connectivity index (χ0) is 3.58. The van der Waals surface area contributed by atoms with Gasteiger partial charge in [0.25, 0.3) is 0 Å². The molecule has 0 bridgehead atoms. The Hall–Kier alpha value is -0.850. The molecule has 0 spiro atoms. The molecule has 0 aromatic heterocycles. The molecule has 0 fully saturated rings. The minimum Gasteiger partial charge on any atom is -0.652 e. The van der Waals surface area contributed by atoms with Crippen LogP contribution in [0.15, 0.2) is 0 Å². The lowest BCUT2D eigenvalue weighted by molar-refractivity contribution is -0.415. The van der Waals surface area contributed by atoms with Crippen molar-refractivity contribution in [3.63, 3.8) is 0 Å².